The molecule has 1 aromatic carbocycles. The second-order valence-electron chi connectivity index (χ2n) is 10.8. The van der Waals surface area contributed by atoms with E-state index in [2.05, 4.69) is 48.2 Å². The Labute approximate surface area is 241 Å². The normalized spacial score (nSPS) is 18.6. The number of carbonyl (C=O) groups is 1. The standard InChI is InChI=1S/C30H43N7O2S/c1-3-39-27-12-10-25(11-13-27)32-22-26-9-6-19-37(26)30-34-33-29(40-30)36-20-14-24(15-21-36)28(38)31-16-7-18-35-17-5-4-8-23(35)2/h6,9-13,19,23-24,32H,3-5,7-8,14-18,20-22H2,1-2H3,(H,31,38)/t23-/m0/s1. The van der Waals surface area contributed by atoms with Crippen molar-refractivity contribution in [2.45, 2.75) is 65.0 Å². The zero-order chi connectivity index (χ0) is 27.7. The van der Waals surface area contributed by atoms with E-state index < -0.39 is 0 Å². The first kappa shape index (κ1) is 28.4. The third-order valence-electron chi connectivity index (χ3n) is 8.08. The number of carbonyl (C=O) groups excluding carboxylic acids is 1. The van der Waals surface area contributed by atoms with Crippen molar-refractivity contribution in [1.29, 1.82) is 0 Å². The highest BCUT2D eigenvalue weighted by Crippen LogP contribution is 2.29. The SMILES string of the molecule is CCOc1ccc(NCc2cccn2-c2nnc(N3CCC(C(=O)NCCCN4CCCC[C@@H]4C)CC3)s2)cc1. The van der Waals surface area contributed by atoms with Crippen molar-refractivity contribution in [3.8, 4) is 10.9 Å². The number of aromatic nitrogens is 3. The van der Waals surface area contributed by atoms with Gasteiger partial charge in [0.05, 0.1) is 13.2 Å². The number of piperidine rings is 2. The van der Waals surface area contributed by atoms with Gasteiger partial charge in [-0.2, -0.15) is 0 Å². The number of anilines is 2. The first-order valence-corrected chi connectivity index (χ1v) is 15.7. The van der Waals surface area contributed by atoms with Gasteiger partial charge in [-0.05, 0) is 88.9 Å². The third kappa shape index (κ3) is 7.34. The number of hydrogen-bond acceptors (Lipinski definition) is 8. The molecule has 2 aliphatic heterocycles. The Morgan fingerprint density at radius 3 is 2.62 bits per heavy atom. The summed E-state index contributed by atoms with van der Waals surface area (Å²) in [5, 5.41) is 17.4. The highest BCUT2D eigenvalue weighted by Gasteiger charge is 2.27. The van der Waals surface area contributed by atoms with Gasteiger partial charge in [-0.3, -0.25) is 9.36 Å². The molecule has 0 bridgehead atoms. The molecular formula is C30H43N7O2S. The maximum atomic E-state index is 12.8. The van der Waals surface area contributed by atoms with Crippen molar-refractivity contribution in [3.05, 3.63) is 48.3 Å². The molecule has 5 rings (SSSR count). The summed E-state index contributed by atoms with van der Waals surface area (Å²) in [5.41, 5.74) is 2.15. The van der Waals surface area contributed by atoms with Crippen molar-refractivity contribution in [1.82, 2.24) is 25.0 Å². The van der Waals surface area contributed by atoms with Crippen molar-refractivity contribution < 1.29 is 9.53 Å². The predicted octanol–water partition coefficient (Wildman–Crippen LogP) is 4.94. The second-order valence-corrected chi connectivity index (χ2v) is 11.8. The maximum Gasteiger partial charge on any atom is 0.223 e. The van der Waals surface area contributed by atoms with Gasteiger partial charge in [0.25, 0.3) is 0 Å². The largest absolute Gasteiger partial charge is 0.494 e. The quantitative estimate of drug-likeness (QED) is 0.301. The number of nitrogens with zero attached hydrogens (tertiary/aromatic N) is 5. The van der Waals surface area contributed by atoms with Gasteiger partial charge in [0.15, 0.2) is 0 Å². The molecule has 2 aliphatic rings. The molecule has 4 heterocycles. The number of hydrogen-bond donors (Lipinski definition) is 2. The van der Waals surface area contributed by atoms with Gasteiger partial charge in [-0.15, -0.1) is 10.2 Å². The fraction of sp³-hybridized carbons (Fsp3) is 0.567. The summed E-state index contributed by atoms with van der Waals surface area (Å²) in [6, 6.07) is 12.8. The van der Waals surface area contributed by atoms with Gasteiger partial charge < -0.3 is 25.2 Å². The molecule has 0 spiro atoms. The fourth-order valence-corrected chi connectivity index (χ4v) is 6.58. The van der Waals surface area contributed by atoms with Crippen LogP contribution in [0.5, 0.6) is 5.75 Å². The molecule has 40 heavy (non-hydrogen) atoms. The van der Waals surface area contributed by atoms with Crippen molar-refractivity contribution >= 4 is 28.1 Å². The molecule has 2 fully saturated rings. The lowest BCUT2D eigenvalue weighted by atomic mass is 9.96. The van der Waals surface area contributed by atoms with Crippen molar-refractivity contribution in [2.24, 2.45) is 5.92 Å². The van der Waals surface area contributed by atoms with E-state index in [1.54, 1.807) is 11.3 Å². The molecule has 0 unspecified atom stereocenters. The summed E-state index contributed by atoms with van der Waals surface area (Å²) in [5.74, 6) is 1.17. The molecule has 3 aromatic rings. The van der Waals surface area contributed by atoms with Gasteiger partial charge in [0, 0.05) is 55.7 Å². The van der Waals surface area contributed by atoms with E-state index in [0.29, 0.717) is 19.2 Å². The van der Waals surface area contributed by atoms with Crippen LogP contribution in [0.4, 0.5) is 10.8 Å². The van der Waals surface area contributed by atoms with Crippen LogP contribution in [0.2, 0.25) is 0 Å². The van der Waals surface area contributed by atoms with Crippen molar-refractivity contribution in [2.75, 3.05) is 49.5 Å². The first-order valence-electron chi connectivity index (χ1n) is 14.8. The van der Waals surface area contributed by atoms with E-state index >= 15 is 0 Å². The lowest BCUT2D eigenvalue weighted by Crippen LogP contribution is -2.42. The van der Waals surface area contributed by atoms with E-state index in [-0.39, 0.29) is 11.8 Å². The molecule has 0 saturated carbocycles. The van der Waals surface area contributed by atoms with E-state index in [9.17, 15) is 4.79 Å². The van der Waals surface area contributed by atoms with Crippen LogP contribution in [0.15, 0.2) is 42.6 Å². The maximum absolute atomic E-state index is 12.8. The summed E-state index contributed by atoms with van der Waals surface area (Å²) in [6.07, 6.45) is 8.72. The molecule has 2 saturated heterocycles. The predicted molar refractivity (Wildman–Crippen MR) is 162 cm³/mol. The summed E-state index contributed by atoms with van der Waals surface area (Å²) >= 11 is 1.60. The number of amides is 1. The Bertz CT molecular complexity index is 1200. The van der Waals surface area contributed by atoms with Crippen LogP contribution in [-0.4, -0.2) is 70.9 Å². The van der Waals surface area contributed by atoms with E-state index in [4.69, 9.17) is 4.74 Å². The number of benzene rings is 1. The summed E-state index contributed by atoms with van der Waals surface area (Å²) in [4.78, 5) is 17.6. The molecule has 0 aliphatic carbocycles. The molecule has 0 radical (unpaired) electrons. The molecule has 2 aromatic heterocycles. The van der Waals surface area contributed by atoms with Gasteiger partial charge >= 0.3 is 0 Å². The van der Waals surface area contributed by atoms with Crippen LogP contribution in [0, 0.1) is 5.92 Å². The highest BCUT2D eigenvalue weighted by molar-refractivity contribution is 7.17. The van der Waals surface area contributed by atoms with E-state index in [1.807, 2.05) is 43.5 Å². The lowest BCUT2D eigenvalue weighted by Gasteiger charge is -2.33. The van der Waals surface area contributed by atoms with E-state index in [1.165, 1.54) is 25.8 Å². The Kier molecular flexibility index (Phi) is 9.94. The van der Waals surface area contributed by atoms with Gasteiger partial charge in [0.1, 0.15) is 5.75 Å². The minimum absolute atomic E-state index is 0.0854. The molecular weight excluding hydrogens is 522 g/mol. The molecule has 1 amide bonds. The van der Waals surface area contributed by atoms with Crippen LogP contribution in [-0.2, 0) is 11.3 Å². The Balaban J connectivity index is 1.06. The fourth-order valence-electron chi connectivity index (χ4n) is 5.67. The molecule has 9 nitrogen and oxygen atoms in total. The number of ether oxygens (including phenoxy) is 1. The second kappa shape index (κ2) is 14.0. The highest BCUT2D eigenvalue weighted by atomic mass is 32.1. The Morgan fingerprint density at radius 1 is 1.05 bits per heavy atom. The molecule has 216 valence electrons. The zero-order valence-electron chi connectivity index (χ0n) is 23.8. The average Bonchev–Trinajstić information content (AvgIpc) is 3.66. The number of nitrogens with one attached hydrogen (secondary N) is 2. The monoisotopic (exact) mass is 565 g/mol. The lowest BCUT2D eigenvalue weighted by molar-refractivity contribution is -0.125. The van der Waals surface area contributed by atoms with Gasteiger partial charge in [-0.1, -0.05) is 17.8 Å². The van der Waals surface area contributed by atoms with Crippen LogP contribution >= 0.6 is 11.3 Å². The minimum atomic E-state index is 0.0854. The number of rotatable bonds is 12. The smallest absolute Gasteiger partial charge is 0.223 e. The van der Waals surface area contributed by atoms with Crippen LogP contribution in [0.1, 0.15) is 58.1 Å². The Morgan fingerprint density at radius 2 is 1.85 bits per heavy atom. The van der Waals surface area contributed by atoms with Crippen LogP contribution in [0.3, 0.4) is 0 Å². The van der Waals surface area contributed by atoms with Crippen LogP contribution < -0.4 is 20.3 Å². The average molecular weight is 566 g/mol. The first-order chi connectivity index (χ1) is 19.6. The van der Waals surface area contributed by atoms with E-state index in [0.717, 1.165) is 72.8 Å². The summed E-state index contributed by atoms with van der Waals surface area (Å²) in [7, 11) is 0. The van der Waals surface area contributed by atoms with Gasteiger partial charge in [-0.25, -0.2) is 0 Å². The molecule has 10 heteroatoms. The molecule has 1 atom stereocenters. The minimum Gasteiger partial charge on any atom is -0.494 e. The summed E-state index contributed by atoms with van der Waals surface area (Å²) < 4.78 is 7.62. The zero-order valence-corrected chi connectivity index (χ0v) is 24.7. The van der Waals surface area contributed by atoms with Gasteiger partial charge in [0.2, 0.25) is 16.2 Å². The number of likely N-dealkylation sites (tertiary alicyclic amines) is 1. The van der Waals surface area contributed by atoms with Crippen LogP contribution in [0.25, 0.3) is 5.13 Å². The third-order valence-corrected chi connectivity index (χ3v) is 9.06. The van der Waals surface area contributed by atoms with Crippen molar-refractivity contribution in [3.63, 3.8) is 0 Å². The topological polar surface area (TPSA) is 87.5 Å². The Hall–Kier alpha value is -3.11. The summed E-state index contributed by atoms with van der Waals surface area (Å²) in [6.45, 7) is 10.4. The molecule has 2 N–H and O–H groups in total.